The van der Waals surface area contributed by atoms with Gasteiger partial charge in [-0.25, -0.2) is 0 Å². The Labute approximate surface area is 60.4 Å². The summed E-state index contributed by atoms with van der Waals surface area (Å²) in [5.74, 6) is 0. The van der Waals surface area contributed by atoms with Crippen LogP contribution in [0.2, 0.25) is 0 Å². The number of allylic oxidation sites excluding steroid dienone is 3. The van der Waals surface area contributed by atoms with Crippen molar-refractivity contribution in [3.63, 3.8) is 0 Å². The summed E-state index contributed by atoms with van der Waals surface area (Å²) in [6, 6.07) is 0. The van der Waals surface area contributed by atoms with E-state index < -0.39 is 0 Å². The average molecular weight is 141 g/mol. The van der Waals surface area contributed by atoms with Crippen LogP contribution in [0.25, 0.3) is 0 Å². The van der Waals surface area contributed by atoms with E-state index >= 15 is 0 Å². The zero-order valence-corrected chi connectivity index (χ0v) is 6.16. The van der Waals surface area contributed by atoms with Gasteiger partial charge in [0.05, 0.1) is 0 Å². The van der Waals surface area contributed by atoms with E-state index in [0.717, 1.165) is 6.54 Å². The third-order valence-electron chi connectivity index (χ3n) is 1.13. The summed E-state index contributed by atoms with van der Waals surface area (Å²) in [5, 5.41) is 2.06. The number of hydrogen-bond acceptors (Lipinski definition) is 2. The Hall–Kier alpha value is -0.210. The minimum absolute atomic E-state index is 1.11. The molecule has 1 aliphatic rings. The van der Waals surface area contributed by atoms with Crippen molar-refractivity contribution < 1.29 is 0 Å². The molecule has 0 saturated heterocycles. The predicted molar refractivity (Wildman–Crippen MR) is 43.1 cm³/mol. The van der Waals surface area contributed by atoms with Crippen molar-refractivity contribution in [1.82, 2.24) is 4.72 Å². The van der Waals surface area contributed by atoms with E-state index in [1.807, 2.05) is 0 Å². The number of rotatable bonds is 0. The van der Waals surface area contributed by atoms with E-state index in [1.165, 1.54) is 12.8 Å². The third-order valence-corrected chi connectivity index (χ3v) is 1.79. The molecule has 0 aromatic rings. The zero-order valence-electron chi connectivity index (χ0n) is 5.34. The first-order chi connectivity index (χ1) is 4.50. The van der Waals surface area contributed by atoms with Crippen LogP contribution < -0.4 is 4.72 Å². The molecular formula is C7H11NS. The molecule has 0 amide bonds. The second kappa shape index (κ2) is 4.65. The van der Waals surface area contributed by atoms with Crippen LogP contribution >= 0.6 is 11.9 Å². The standard InChI is InChI=1S/C7H11NS/c1-2-4-6-8-9-7-5-3-1/h1,3,5,7-8H,2,4,6H2/b3-1-,7-5-. The molecule has 1 heterocycles. The maximum absolute atomic E-state index is 3.22. The normalized spacial score (nSPS) is 27.6. The van der Waals surface area contributed by atoms with Crippen molar-refractivity contribution >= 4 is 11.9 Å². The molecule has 0 aromatic heterocycles. The van der Waals surface area contributed by atoms with Crippen molar-refractivity contribution in [2.24, 2.45) is 0 Å². The quantitative estimate of drug-likeness (QED) is 0.518. The summed E-state index contributed by atoms with van der Waals surface area (Å²) in [7, 11) is 0. The van der Waals surface area contributed by atoms with Gasteiger partial charge in [-0.1, -0.05) is 30.2 Å². The van der Waals surface area contributed by atoms with Crippen LogP contribution in [0, 0.1) is 0 Å². The molecule has 2 heteroatoms. The average Bonchev–Trinajstić information content (AvgIpc) is 2.00. The lowest BCUT2D eigenvalue weighted by Crippen LogP contribution is -2.02. The molecule has 1 rings (SSSR count). The van der Waals surface area contributed by atoms with Gasteiger partial charge in [0, 0.05) is 6.54 Å². The molecule has 0 aromatic carbocycles. The first-order valence-corrected chi connectivity index (χ1v) is 4.08. The summed E-state index contributed by atoms with van der Waals surface area (Å²) < 4.78 is 3.22. The van der Waals surface area contributed by atoms with Gasteiger partial charge in [0.1, 0.15) is 0 Å². The van der Waals surface area contributed by atoms with E-state index in [1.54, 1.807) is 11.9 Å². The molecular weight excluding hydrogens is 130 g/mol. The highest BCUT2D eigenvalue weighted by Crippen LogP contribution is 2.00. The van der Waals surface area contributed by atoms with Crippen LogP contribution in [0.3, 0.4) is 0 Å². The van der Waals surface area contributed by atoms with E-state index in [-0.39, 0.29) is 0 Å². The minimum Gasteiger partial charge on any atom is -0.260 e. The highest BCUT2D eigenvalue weighted by atomic mass is 32.2. The van der Waals surface area contributed by atoms with Gasteiger partial charge < -0.3 is 0 Å². The molecule has 1 N–H and O–H groups in total. The maximum Gasteiger partial charge on any atom is 0.00645 e. The van der Waals surface area contributed by atoms with Crippen LogP contribution in [-0.4, -0.2) is 6.54 Å². The molecule has 0 atom stereocenters. The molecule has 0 saturated carbocycles. The van der Waals surface area contributed by atoms with Gasteiger partial charge >= 0.3 is 0 Å². The number of nitrogens with one attached hydrogen (secondary N) is 1. The van der Waals surface area contributed by atoms with Gasteiger partial charge in [-0.15, -0.1) is 0 Å². The fourth-order valence-corrected chi connectivity index (χ4v) is 1.19. The largest absolute Gasteiger partial charge is 0.260 e. The molecule has 50 valence electrons. The van der Waals surface area contributed by atoms with Gasteiger partial charge in [0.15, 0.2) is 0 Å². The van der Waals surface area contributed by atoms with Gasteiger partial charge in [-0.2, -0.15) is 0 Å². The fourth-order valence-electron chi connectivity index (χ4n) is 0.659. The van der Waals surface area contributed by atoms with E-state index in [4.69, 9.17) is 0 Å². The lowest BCUT2D eigenvalue weighted by molar-refractivity contribution is 0.818. The summed E-state index contributed by atoms with van der Waals surface area (Å²) in [6.45, 7) is 1.11. The highest BCUT2D eigenvalue weighted by molar-refractivity contribution is 8.00. The van der Waals surface area contributed by atoms with Crippen molar-refractivity contribution in [3.8, 4) is 0 Å². The second-order valence-corrected chi connectivity index (χ2v) is 2.71. The molecule has 9 heavy (non-hydrogen) atoms. The summed E-state index contributed by atoms with van der Waals surface area (Å²) >= 11 is 1.66. The Balaban J connectivity index is 2.28. The highest BCUT2D eigenvalue weighted by Gasteiger charge is 1.84. The first kappa shape index (κ1) is 6.90. The summed E-state index contributed by atoms with van der Waals surface area (Å²) in [6.07, 6.45) is 8.79. The lowest BCUT2D eigenvalue weighted by atomic mass is 10.3. The third kappa shape index (κ3) is 3.38. The van der Waals surface area contributed by atoms with Gasteiger partial charge in [-0.3, -0.25) is 4.72 Å². The maximum atomic E-state index is 3.22. The molecule has 0 spiro atoms. The second-order valence-electron chi connectivity index (χ2n) is 1.91. The van der Waals surface area contributed by atoms with Crippen molar-refractivity contribution in [2.75, 3.05) is 6.54 Å². The molecule has 1 aliphatic heterocycles. The van der Waals surface area contributed by atoms with Crippen molar-refractivity contribution in [3.05, 3.63) is 23.6 Å². The van der Waals surface area contributed by atoms with Gasteiger partial charge in [-0.05, 0) is 18.2 Å². The first-order valence-electron chi connectivity index (χ1n) is 3.20. The van der Waals surface area contributed by atoms with Crippen molar-refractivity contribution in [1.29, 1.82) is 0 Å². The van der Waals surface area contributed by atoms with Gasteiger partial charge in [0.25, 0.3) is 0 Å². The summed E-state index contributed by atoms with van der Waals surface area (Å²) in [4.78, 5) is 0. The molecule has 0 unspecified atom stereocenters. The molecule has 0 radical (unpaired) electrons. The van der Waals surface area contributed by atoms with E-state index in [9.17, 15) is 0 Å². The van der Waals surface area contributed by atoms with Crippen molar-refractivity contribution in [2.45, 2.75) is 12.8 Å². The SMILES string of the molecule is C1=C\CCCNS\C=C/1. The Kier molecular flexibility index (Phi) is 3.57. The minimum atomic E-state index is 1.11. The monoisotopic (exact) mass is 141 g/mol. The zero-order chi connectivity index (χ0) is 6.36. The predicted octanol–water partition coefficient (Wildman–Crippen LogP) is 2.09. The molecule has 0 bridgehead atoms. The van der Waals surface area contributed by atoms with Crippen LogP contribution in [0.4, 0.5) is 0 Å². The Morgan fingerprint density at radius 2 is 2.33 bits per heavy atom. The topological polar surface area (TPSA) is 12.0 Å². The Morgan fingerprint density at radius 1 is 1.33 bits per heavy atom. The van der Waals surface area contributed by atoms with Crippen LogP contribution in [-0.2, 0) is 0 Å². The summed E-state index contributed by atoms with van der Waals surface area (Å²) in [5.41, 5.74) is 0. The fraction of sp³-hybridized carbons (Fsp3) is 0.429. The molecule has 0 aliphatic carbocycles. The smallest absolute Gasteiger partial charge is 0.00645 e. The Bertz CT molecular complexity index is 104. The molecule has 0 fully saturated rings. The lowest BCUT2D eigenvalue weighted by Gasteiger charge is -1.94. The van der Waals surface area contributed by atoms with Gasteiger partial charge in [0.2, 0.25) is 0 Å². The van der Waals surface area contributed by atoms with Crippen LogP contribution in [0.5, 0.6) is 0 Å². The van der Waals surface area contributed by atoms with Crippen LogP contribution in [0.15, 0.2) is 23.6 Å². The van der Waals surface area contributed by atoms with Crippen LogP contribution in [0.1, 0.15) is 12.8 Å². The van der Waals surface area contributed by atoms with E-state index in [0.29, 0.717) is 0 Å². The Morgan fingerprint density at radius 3 is 3.33 bits per heavy atom. The van der Waals surface area contributed by atoms with E-state index in [2.05, 4.69) is 28.4 Å². The molecule has 1 nitrogen and oxygen atoms in total. The number of hydrogen-bond donors (Lipinski definition) is 1.